The summed E-state index contributed by atoms with van der Waals surface area (Å²) in [4.78, 5) is 12.2. The second-order valence-corrected chi connectivity index (χ2v) is 3.03. The standard InChI is InChI=1S/C6H13NO5.CH3NO2/c7-6-5(11)4(10)3(9)2(1-8)12-6;2-4-1-3/h2-6,8-11H,1,7H2;1H,2H2/t2-,3-,4+,5-,6?;/m1./s1. The van der Waals surface area contributed by atoms with Gasteiger partial charge in [-0.2, -0.15) is 5.90 Å². The van der Waals surface area contributed by atoms with Crippen molar-refractivity contribution in [2.24, 2.45) is 11.6 Å². The van der Waals surface area contributed by atoms with Gasteiger partial charge >= 0.3 is 6.47 Å². The van der Waals surface area contributed by atoms with Gasteiger partial charge in [0.25, 0.3) is 0 Å². The Morgan fingerprint density at radius 2 is 1.75 bits per heavy atom. The first kappa shape index (κ1) is 15.2. The average molecular weight is 240 g/mol. The molecule has 9 nitrogen and oxygen atoms in total. The Labute approximate surface area is 91.1 Å². The topological polar surface area (TPSA) is 168 Å². The average Bonchev–Trinajstić information content (AvgIpc) is 2.31. The van der Waals surface area contributed by atoms with Crippen LogP contribution in [0.2, 0.25) is 0 Å². The molecule has 9 heteroatoms. The van der Waals surface area contributed by atoms with Crippen LogP contribution in [-0.2, 0) is 14.4 Å². The predicted octanol–water partition coefficient (Wildman–Crippen LogP) is -4.22. The van der Waals surface area contributed by atoms with E-state index in [-0.39, 0.29) is 6.47 Å². The first-order valence-corrected chi connectivity index (χ1v) is 4.34. The minimum atomic E-state index is -1.37. The zero-order chi connectivity index (χ0) is 12.7. The highest BCUT2D eigenvalue weighted by Crippen LogP contribution is 2.17. The van der Waals surface area contributed by atoms with Crippen LogP contribution in [0.4, 0.5) is 0 Å². The highest BCUT2D eigenvalue weighted by atomic mass is 16.6. The Morgan fingerprint density at radius 1 is 1.25 bits per heavy atom. The van der Waals surface area contributed by atoms with Crippen LogP contribution in [-0.4, -0.2) is 64.1 Å². The van der Waals surface area contributed by atoms with E-state index in [9.17, 15) is 5.11 Å². The largest absolute Gasteiger partial charge is 0.394 e. The number of nitrogens with two attached hydrogens (primary N) is 2. The van der Waals surface area contributed by atoms with E-state index in [1.54, 1.807) is 0 Å². The molecule has 0 saturated carbocycles. The van der Waals surface area contributed by atoms with Crippen molar-refractivity contribution < 1.29 is 34.8 Å². The van der Waals surface area contributed by atoms with Crippen molar-refractivity contribution in [2.75, 3.05) is 6.61 Å². The number of aliphatic hydroxyl groups excluding tert-OH is 4. The molecule has 1 fully saturated rings. The smallest absolute Gasteiger partial charge is 0.312 e. The van der Waals surface area contributed by atoms with Crippen molar-refractivity contribution in [1.29, 1.82) is 0 Å². The van der Waals surface area contributed by atoms with Gasteiger partial charge in [-0.15, -0.1) is 0 Å². The second kappa shape index (κ2) is 7.46. The number of ether oxygens (including phenoxy) is 1. The van der Waals surface area contributed by atoms with E-state index in [1.807, 2.05) is 0 Å². The van der Waals surface area contributed by atoms with Crippen molar-refractivity contribution >= 4 is 6.47 Å². The molecule has 0 radical (unpaired) electrons. The van der Waals surface area contributed by atoms with Gasteiger partial charge < -0.3 is 35.7 Å². The molecule has 0 amide bonds. The SMILES string of the molecule is NC1O[C@H](CO)[C@@H](O)[C@H](O)[C@H]1O.NOC=O. The number of rotatable bonds is 2. The van der Waals surface area contributed by atoms with Gasteiger partial charge in [0, 0.05) is 0 Å². The summed E-state index contributed by atoms with van der Waals surface area (Å²) in [7, 11) is 0. The molecule has 5 atom stereocenters. The van der Waals surface area contributed by atoms with Gasteiger partial charge in [-0.3, -0.25) is 4.79 Å². The second-order valence-electron chi connectivity index (χ2n) is 3.03. The molecule has 1 unspecified atom stereocenters. The molecular weight excluding hydrogens is 224 g/mol. The lowest BCUT2D eigenvalue weighted by atomic mass is 9.99. The first-order valence-electron chi connectivity index (χ1n) is 4.34. The molecule has 0 aliphatic carbocycles. The Hall–Kier alpha value is -0.810. The van der Waals surface area contributed by atoms with E-state index in [2.05, 4.69) is 10.7 Å². The fourth-order valence-corrected chi connectivity index (χ4v) is 1.13. The molecule has 1 rings (SSSR count). The van der Waals surface area contributed by atoms with Crippen LogP contribution in [0.5, 0.6) is 0 Å². The first-order chi connectivity index (χ1) is 7.49. The van der Waals surface area contributed by atoms with Crippen molar-refractivity contribution in [3.63, 3.8) is 0 Å². The summed E-state index contributed by atoms with van der Waals surface area (Å²) < 4.78 is 4.80. The summed E-state index contributed by atoms with van der Waals surface area (Å²) >= 11 is 0. The maximum Gasteiger partial charge on any atom is 0.312 e. The molecule has 1 saturated heterocycles. The molecular formula is C7H16N2O7. The summed E-state index contributed by atoms with van der Waals surface area (Å²) in [6.07, 6.45) is -5.99. The van der Waals surface area contributed by atoms with Crippen LogP contribution in [0.25, 0.3) is 0 Å². The van der Waals surface area contributed by atoms with Crippen molar-refractivity contribution in [3.05, 3.63) is 0 Å². The third kappa shape index (κ3) is 3.98. The lowest BCUT2D eigenvalue weighted by molar-refractivity contribution is -0.227. The zero-order valence-electron chi connectivity index (χ0n) is 8.34. The lowest BCUT2D eigenvalue weighted by Crippen LogP contribution is -2.61. The fraction of sp³-hybridized carbons (Fsp3) is 0.857. The normalized spacial score (nSPS) is 38.2. The molecule has 0 aromatic rings. The van der Waals surface area contributed by atoms with Crippen molar-refractivity contribution in [3.8, 4) is 0 Å². The van der Waals surface area contributed by atoms with Gasteiger partial charge in [-0.05, 0) is 0 Å². The summed E-state index contributed by atoms with van der Waals surface area (Å²) in [6, 6.07) is 0. The van der Waals surface area contributed by atoms with Crippen LogP contribution in [0, 0.1) is 0 Å². The fourth-order valence-electron chi connectivity index (χ4n) is 1.13. The molecule has 1 heterocycles. The molecule has 16 heavy (non-hydrogen) atoms. The summed E-state index contributed by atoms with van der Waals surface area (Å²) in [5.41, 5.74) is 5.24. The molecule has 0 aromatic heterocycles. The van der Waals surface area contributed by atoms with E-state index < -0.39 is 37.3 Å². The highest BCUT2D eigenvalue weighted by Gasteiger charge is 2.41. The monoisotopic (exact) mass is 240 g/mol. The van der Waals surface area contributed by atoms with Crippen LogP contribution in [0.3, 0.4) is 0 Å². The van der Waals surface area contributed by atoms with E-state index in [4.69, 9.17) is 30.6 Å². The molecule has 8 N–H and O–H groups in total. The van der Waals surface area contributed by atoms with Gasteiger partial charge in [0.2, 0.25) is 0 Å². The van der Waals surface area contributed by atoms with Crippen LogP contribution < -0.4 is 11.6 Å². The van der Waals surface area contributed by atoms with Gasteiger partial charge in [0.15, 0.2) is 0 Å². The van der Waals surface area contributed by atoms with E-state index >= 15 is 0 Å². The molecule has 0 spiro atoms. The van der Waals surface area contributed by atoms with Gasteiger partial charge in [-0.25, -0.2) is 0 Å². The Balaban J connectivity index is 0.000000487. The molecule has 1 aliphatic rings. The van der Waals surface area contributed by atoms with E-state index in [1.165, 1.54) is 0 Å². The number of hydrogen-bond donors (Lipinski definition) is 6. The maximum absolute atomic E-state index is 9.18. The molecule has 96 valence electrons. The number of carbonyl (C=O) groups is 1. The van der Waals surface area contributed by atoms with E-state index in [0.29, 0.717) is 0 Å². The van der Waals surface area contributed by atoms with Gasteiger partial charge in [0.1, 0.15) is 30.6 Å². The van der Waals surface area contributed by atoms with Crippen LogP contribution in [0.1, 0.15) is 0 Å². The lowest BCUT2D eigenvalue weighted by Gasteiger charge is -2.38. The molecule has 0 bridgehead atoms. The number of carbonyl (C=O) groups excluding carboxylic acids is 1. The highest BCUT2D eigenvalue weighted by molar-refractivity contribution is 5.35. The minimum Gasteiger partial charge on any atom is -0.394 e. The van der Waals surface area contributed by atoms with Crippen LogP contribution >= 0.6 is 0 Å². The van der Waals surface area contributed by atoms with E-state index in [0.717, 1.165) is 0 Å². The quantitative estimate of drug-likeness (QED) is 0.207. The Kier molecular flexibility index (Phi) is 7.08. The van der Waals surface area contributed by atoms with Gasteiger partial charge in [-0.1, -0.05) is 0 Å². The number of hydrogen-bond acceptors (Lipinski definition) is 9. The summed E-state index contributed by atoms with van der Waals surface area (Å²) in [6.45, 7) is -0.293. The zero-order valence-corrected chi connectivity index (χ0v) is 8.34. The molecule has 1 aliphatic heterocycles. The van der Waals surface area contributed by atoms with Gasteiger partial charge in [0.05, 0.1) is 6.61 Å². The number of aliphatic hydroxyl groups is 4. The predicted molar refractivity (Wildman–Crippen MR) is 49.3 cm³/mol. The van der Waals surface area contributed by atoms with Crippen molar-refractivity contribution in [2.45, 2.75) is 30.6 Å². The summed E-state index contributed by atoms with van der Waals surface area (Å²) in [5, 5.41) is 36.1. The Bertz CT molecular complexity index is 200. The third-order valence-electron chi connectivity index (χ3n) is 1.98. The summed E-state index contributed by atoms with van der Waals surface area (Å²) in [5.74, 6) is 4.16. The molecule has 0 aromatic carbocycles. The van der Waals surface area contributed by atoms with Crippen molar-refractivity contribution in [1.82, 2.24) is 0 Å². The third-order valence-corrected chi connectivity index (χ3v) is 1.98. The Morgan fingerprint density at radius 3 is 2.12 bits per heavy atom. The minimum absolute atomic E-state index is 0.153. The van der Waals surface area contributed by atoms with Crippen LogP contribution in [0.15, 0.2) is 0 Å². The maximum atomic E-state index is 9.18.